The molecule has 1 saturated heterocycles. The zero-order valence-corrected chi connectivity index (χ0v) is 17.6. The highest BCUT2D eigenvalue weighted by Gasteiger charge is 2.36. The molecule has 3 rings (SSSR count). The van der Waals surface area contributed by atoms with Crippen LogP contribution in [-0.2, 0) is 16.0 Å². The first-order valence-electron chi connectivity index (χ1n) is 9.08. The number of barbiturate groups is 1. The van der Waals surface area contributed by atoms with Crippen LogP contribution < -0.4 is 15.0 Å². The molecule has 1 aliphatic rings. The Morgan fingerprint density at radius 1 is 1.10 bits per heavy atom. The summed E-state index contributed by atoms with van der Waals surface area (Å²) in [4.78, 5) is 38.5. The maximum absolute atomic E-state index is 13.0. The number of amides is 4. The van der Waals surface area contributed by atoms with Gasteiger partial charge in [0.25, 0.3) is 11.8 Å². The van der Waals surface area contributed by atoms with Gasteiger partial charge in [0.2, 0.25) is 0 Å². The molecular weight excluding hydrogens is 427 g/mol. The van der Waals surface area contributed by atoms with Crippen LogP contribution >= 0.6 is 23.2 Å². The molecular formula is C22H18Cl2N2O4. The minimum absolute atomic E-state index is 0.211. The number of carbonyl (C=O) groups excluding carboxylic acids is 3. The van der Waals surface area contributed by atoms with Crippen LogP contribution in [-0.4, -0.2) is 24.5 Å². The largest absolute Gasteiger partial charge is 0.486 e. The minimum Gasteiger partial charge on any atom is -0.486 e. The first-order valence-corrected chi connectivity index (χ1v) is 9.84. The zero-order valence-electron chi connectivity index (χ0n) is 16.1. The van der Waals surface area contributed by atoms with Crippen LogP contribution in [0.3, 0.4) is 0 Å². The SMILES string of the molecule is C=CCOc1c(Cl)cc(/C=C2/C(=O)NC(=O)N(c3ccc(CC)cc3)C2=O)cc1Cl. The molecule has 2 aromatic rings. The fourth-order valence-electron chi connectivity index (χ4n) is 2.88. The lowest BCUT2D eigenvalue weighted by atomic mass is 10.1. The molecule has 0 radical (unpaired) electrons. The summed E-state index contributed by atoms with van der Waals surface area (Å²) < 4.78 is 5.41. The van der Waals surface area contributed by atoms with Gasteiger partial charge in [-0.15, -0.1) is 0 Å². The van der Waals surface area contributed by atoms with Crippen molar-refractivity contribution in [2.75, 3.05) is 11.5 Å². The summed E-state index contributed by atoms with van der Waals surface area (Å²) in [7, 11) is 0. The Morgan fingerprint density at radius 2 is 1.73 bits per heavy atom. The number of hydrogen-bond donors (Lipinski definition) is 1. The lowest BCUT2D eigenvalue weighted by molar-refractivity contribution is -0.122. The zero-order chi connectivity index (χ0) is 21.8. The number of aryl methyl sites for hydroxylation is 1. The minimum atomic E-state index is -0.810. The van der Waals surface area contributed by atoms with Crippen molar-refractivity contribution in [3.63, 3.8) is 0 Å². The van der Waals surface area contributed by atoms with E-state index in [1.807, 2.05) is 19.1 Å². The Balaban J connectivity index is 1.97. The van der Waals surface area contributed by atoms with Crippen molar-refractivity contribution in [1.82, 2.24) is 5.32 Å². The summed E-state index contributed by atoms with van der Waals surface area (Å²) in [5, 5.41) is 2.61. The Labute approximate surface area is 183 Å². The van der Waals surface area contributed by atoms with E-state index in [2.05, 4.69) is 11.9 Å². The summed E-state index contributed by atoms with van der Waals surface area (Å²) >= 11 is 12.4. The van der Waals surface area contributed by atoms with E-state index in [0.717, 1.165) is 16.9 Å². The molecule has 0 spiro atoms. The smallest absolute Gasteiger partial charge is 0.335 e. The van der Waals surface area contributed by atoms with Crippen LogP contribution in [0.25, 0.3) is 6.08 Å². The fraction of sp³-hybridized carbons (Fsp3) is 0.136. The van der Waals surface area contributed by atoms with E-state index in [1.165, 1.54) is 18.2 Å². The van der Waals surface area contributed by atoms with Gasteiger partial charge in [0.1, 0.15) is 12.2 Å². The van der Waals surface area contributed by atoms with Crippen LogP contribution in [0.1, 0.15) is 18.1 Å². The molecule has 8 heteroatoms. The first kappa shape index (κ1) is 21.6. The summed E-state index contributed by atoms with van der Waals surface area (Å²) in [5.74, 6) is -1.27. The third-order valence-electron chi connectivity index (χ3n) is 4.38. The average molecular weight is 445 g/mol. The van der Waals surface area contributed by atoms with Crippen molar-refractivity contribution in [2.24, 2.45) is 0 Å². The van der Waals surface area contributed by atoms with E-state index in [1.54, 1.807) is 18.2 Å². The monoisotopic (exact) mass is 444 g/mol. The number of halogens is 2. The Kier molecular flexibility index (Phi) is 6.59. The molecule has 30 heavy (non-hydrogen) atoms. The highest BCUT2D eigenvalue weighted by molar-refractivity contribution is 6.40. The molecule has 0 saturated carbocycles. The van der Waals surface area contributed by atoms with Crippen LogP contribution in [0.2, 0.25) is 10.0 Å². The molecule has 1 N–H and O–H groups in total. The first-order chi connectivity index (χ1) is 14.3. The molecule has 0 aromatic heterocycles. The van der Waals surface area contributed by atoms with E-state index in [9.17, 15) is 14.4 Å². The third kappa shape index (κ3) is 4.40. The lowest BCUT2D eigenvalue weighted by Gasteiger charge is -2.26. The quantitative estimate of drug-likeness (QED) is 0.394. The predicted molar refractivity (Wildman–Crippen MR) is 117 cm³/mol. The van der Waals surface area contributed by atoms with E-state index >= 15 is 0 Å². The van der Waals surface area contributed by atoms with Gasteiger partial charge >= 0.3 is 6.03 Å². The lowest BCUT2D eigenvalue weighted by Crippen LogP contribution is -2.54. The maximum Gasteiger partial charge on any atom is 0.335 e. The molecule has 0 bridgehead atoms. The number of anilines is 1. The second kappa shape index (κ2) is 9.15. The molecule has 0 aliphatic carbocycles. The van der Waals surface area contributed by atoms with Crippen LogP contribution in [0.5, 0.6) is 5.75 Å². The summed E-state index contributed by atoms with van der Waals surface area (Å²) in [6.07, 6.45) is 3.69. The highest BCUT2D eigenvalue weighted by Crippen LogP contribution is 2.35. The number of hydrogen-bond acceptors (Lipinski definition) is 4. The molecule has 4 amide bonds. The number of nitrogens with one attached hydrogen (secondary N) is 1. The van der Waals surface area contributed by atoms with Gasteiger partial charge in [-0.3, -0.25) is 14.9 Å². The second-order valence-corrected chi connectivity index (χ2v) is 7.21. The Hall–Kier alpha value is -3.09. The van der Waals surface area contributed by atoms with Gasteiger partial charge in [-0.1, -0.05) is 54.9 Å². The van der Waals surface area contributed by atoms with Gasteiger partial charge in [-0.2, -0.15) is 0 Å². The van der Waals surface area contributed by atoms with Gasteiger partial charge in [0.15, 0.2) is 5.75 Å². The number of rotatable bonds is 6. The number of nitrogens with zero attached hydrogens (tertiary/aromatic N) is 1. The Bertz CT molecular complexity index is 1040. The van der Waals surface area contributed by atoms with Gasteiger partial charge < -0.3 is 4.74 Å². The van der Waals surface area contributed by atoms with Crippen molar-refractivity contribution < 1.29 is 19.1 Å². The van der Waals surface area contributed by atoms with Crippen LogP contribution in [0.15, 0.2) is 54.6 Å². The van der Waals surface area contributed by atoms with Crippen molar-refractivity contribution >= 4 is 52.8 Å². The summed E-state index contributed by atoms with van der Waals surface area (Å²) in [6.45, 7) is 5.77. The maximum atomic E-state index is 13.0. The fourth-order valence-corrected chi connectivity index (χ4v) is 3.50. The van der Waals surface area contributed by atoms with Crippen molar-refractivity contribution in [2.45, 2.75) is 13.3 Å². The predicted octanol–water partition coefficient (Wildman–Crippen LogP) is 4.79. The Morgan fingerprint density at radius 3 is 2.30 bits per heavy atom. The number of benzene rings is 2. The topological polar surface area (TPSA) is 75.7 Å². The van der Waals surface area contributed by atoms with E-state index in [-0.39, 0.29) is 28.0 Å². The molecule has 1 heterocycles. The van der Waals surface area contributed by atoms with Gasteiger partial charge in [-0.25, -0.2) is 9.69 Å². The number of carbonyl (C=O) groups is 3. The van der Waals surface area contributed by atoms with Crippen molar-refractivity contribution in [1.29, 1.82) is 0 Å². The van der Waals surface area contributed by atoms with E-state index in [0.29, 0.717) is 11.3 Å². The molecule has 2 aromatic carbocycles. The number of ether oxygens (including phenoxy) is 1. The molecule has 1 aliphatic heterocycles. The van der Waals surface area contributed by atoms with Gasteiger partial charge in [0, 0.05) is 0 Å². The standard InChI is InChI=1S/C22H18Cl2N2O4/c1-3-9-30-19-17(23)11-14(12-18(19)24)10-16-20(27)25-22(29)26(21(16)28)15-7-5-13(4-2)6-8-15/h3,5-8,10-12H,1,4,9H2,2H3,(H,25,27,29)/b16-10-. The van der Waals surface area contributed by atoms with Crippen molar-refractivity contribution in [3.05, 3.63) is 75.8 Å². The number of imide groups is 2. The molecule has 1 fully saturated rings. The van der Waals surface area contributed by atoms with Crippen molar-refractivity contribution in [3.8, 4) is 5.75 Å². The third-order valence-corrected chi connectivity index (χ3v) is 4.94. The van der Waals surface area contributed by atoms with Crippen LogP contribution in [0.4, 0.5) is 10.5 Å². The van der Waals surface area contributed by atoms with E-state index < -0.39 is 17.8 Å². The second-order valence-electron chi connectivity index (χ2n) is 6.39. The van der Waals surface area contributed by atoms with E-state index in [4.69, 9.17) is 27.9 Å². The summed E-state index contributed by atoms with van der Waals surface area (Å²) in [6, 6.07) is 9.16. The van der Waals surface area contributed by atoms with Crippen LogP contribution in [0, 0.1) is 0 Å². The molecule has 0 atom stereocenters. The average Bonchev–Trinajstić information content (AvgIpc) is 2.71. The molecule has 0 unspecified atom stereocenters. The van der Waals surface area contributed by atoms with Gasteiger partial charge in [0.05, 0.1) is 15.7 Å². The number of urea groups is 1. The molecule has 154 valence electrons. The molecule has 6 nitrogen and oxygen atoms in total. The van der Waals surface area contributed by atoms with Gasteiger partial charge in [-0.05, 0) is 47.9 Å². The summed E-state index contributed by atoms with van der Waals surface area (Å²) in [5.41, 5.74) is 1.60. The normalized spacial score (nSPS) is 15.4. The highest BCUT2D eigenvalue weighted by atomic mass is 35.5.